The highest BCUT2D eigenvalue weighted by atomic mass is 32.2. The summed E-state index contributed by atoms with van der Waals surface area (Å²) in [4.78, 5) is 13.1. The molecule has 0 saturated carbocycles. The second-order valence-electron chi connectivity index (χ2n) is 4.39. The van der Waals surface area contributed by atoms with Gasteiger partial charge in [-0.3, -0.25) is 4.79 Å². The lowest BCUT2D eigenvalue weighted by Crippen LogP contribution is -2.14. The van der Waals surface area contributed by atoms with Crippen LogP contribution in [0.4, 0.5) is 5.69 Å². The third-order valence-corrected chi connectivity index (χ3v) is 4.46. The van der Waals surface area contributed by atoms with Gasteiger partial charge < -0.3 is 14.2 Å². The number of amides is 1. The molecule has 3 aromatic rings. The number of nitrogens with zero attached hydrogens (tertiary/aromatic N) is 2. The molecular weight excluding hydrogens is 334 g/mol. The predicted octanol–water partition coefficient (Wildman–Crippen LogP) is 3.78. The first-order valence-electron chi connectivity index (χ1n) is 6.69. The molecule has 3 rings (SSSR count). The number of furan rings is 1. The molecule has 0 unspecified atom stereocenters. The van der Waals surface area contributed by atoms with Crippen LogP contribution in [0, 0.1) is 0 Å². The molecule has 1 amide bonds. The standard InChI is InChI=1S/C15H13N3O3S2/c1-22-12-7-3-2-5-10(12)16-13(19)9-23-15-18-17-14(21-15)11-6-4-8-20-11/h2-8H,9H2,1H3,(H,16,19). The van der Waals surface area contributed by atoms with E-state index in [0.717, 1.165) is 10.6 Å². The predicted molar refractivity (Wildman–Crippen MR) is 89.6 cm³/mol. The van der Waals surface area contributed by atoms with E-state index in [4.69, 9.17) is 8.83 Å². The van der Waals surface area contributed by atoms with Crippen molar-refractivity contribution in [2.24, 2.45) is 0 Å². The molecule has 0 aliphatic carbocycles. The summed E-state index contributed by atoms with van der Waals surface area (Å²) in [5.74, 6) is 0.852. The Morgan fingerprint density at radius 1 is 1.22 bits per heavy atom. The summed E-state index contributed by atoms with van der Waals surface area (Å²) in [5.41, 5.74) is 0.799. The number of carbonyl (C=O) groups excluding carboxylic acids is 1. The molecule has 0 saturated heterocycles. The first-order valence-corrected chi connectivity index (χ1v) is 8.90. The van der Waals surface area contributed by atoms with Crippen molar-refractivity contribution in [3.05, 3.63) is 42.7 Å². The number of anilines is 1. The van der Waals surface area contributed by atoms with Crippen molar-refractivity contribution in [3.63, 3.8) is 0 Å². The van der Waals surface area contributed by atoms with Crippen molar-refractivity contribution in [1.82, 2.24) is 10.2 Å². The molecule has 0 aliphatic rings. The van der Waals surface area contributed by atoms with Gasteiger partial charge in [0.15, 0.2) is 5.76 Å². The van der Waals surface area contributed by atoms with Crippen LogP contribution in [0.15, 0.2) is 61.6 Å². The Labute approximate surface area is 141 Å². The molecule has 23 heavy (non-hydrogen) atoms. The maximum Gasteiger partial charge on any atom is 0.284 e. The van der Waals surface area contributed by atoms with E-state index in [-0.39, 0.29) is 11.7 Å². The van der Waals surface area contributed by atoms with E-state index in [0.29, 0.717) is 16.9 Å². The van der Waals surface area contributed by atoms with E-state index in [1.807, 2.05) is 30.5 Å². The van der Waals surface area contributed by atoms with Crippen molar-refractivity contribution in [1.29, 1.82) is 0 Å². The van der Waals surface area contributed by atoms with Gasteiger partial charge in [-0.05, 0) is 30.5 Å². The fourth-order valence-corrected chi connectivity index (χ4v) is 2.95. The molecule has 0 fully saturated rings. The quantitative estimate of drug-likeness (QED) is 0.679. The fourth-order valence-electron chi connectivity index (χ4n) is 1.83. The topological polar surface area (TPSA) is 81.2 Å². The minimum atomic E-state index is -0.130. The van der Waals surface area contributed by atoms with Gasteiger partial charge in [0.25, 0.3) is 11.1 Å². The number of hydrogen-bond acceptors (Lipinski definition) is 7. The summed E-state index contributed by atoms with van der Waals surface area (Å²) in [5, 5.41) is 11.0. The number of aromatic nitrogens is 2. The van der Waals surface area contributed by atoms with Crippen LogP contribution in [0.1, 0.15) is 0 Å². The minimum absolute atomic E-state index is 0.130. The van der Waals surface area contributed by atoms with Gasteiger partial charge in [-0.2, -0.15) is 0 Å². The fraction of sp³-hybridized carbons (Fsp3) is 0.133. The normalized spacial score (nSPS) is 10.7. The van der Waals surface area contributed by atoms with Gasteiger partial charge in [0.1, 0.15) is 0 Å². The van der Waals surface area contributed by atoms with Crippen molar-refractivity contribution in [2.75, 3.05) is 17.3 Å². The smallest absolute Gasteiger partial charge is 0.284 e. The number of benzene rings is 1. The molecule has 0 atom stereocenters. The third kappa shape index (κ3) is 3.96. The zero-order chi connectivity index (χ0) is 16.1. The van der Waals surface area contributed by atoms with Gasteiger partial charge in [0.05, 0.1) is 17.7 Å². The van der Waals surface area contributed by atoms with E-state index in [2.05, 4.69) is 15.5 Å². The van der Waals surface area contributed by atoms with E-state index < -0.39 is 0 Å². The van der Waals surface area contributed by atoms with Crippen molar-refractivity contribution in [2.45, 2.75) is 10.1 Å². The largest absolute Gasteiger partial charge is 0.459 e. The highest BCUT2D eigenvalue weighted by molar-refractivity contribution is 7.99. The van der Waals surface area contributed by atoms with Crippen molar-refractivity contribution < 1.29 is 13.6 Å². The molecule has 0 spiro atoms. The molecule has 8 heteroatoms. The van der Waals surface area contributed by atoms with E-state index in [1.165, 1.54) is 18.0 Å². The molecule has 2 heterocycles. The van der Waals surface area contributed by atoms with Crippen LogP contribution in [-0.4, -0.2) is 28.1 Å². The molecular formula is C15H13N3O3S2. The average molecular weight is 347 g/mol. The van der Waals surface area contributed by atoms with E-state index in [1.54, 1.807) is 23.9 Å². The van der Waals surface area contributed by atoms with Crippen LogP contribution >= 0.6 is 23.5 Å². The van der Waals surface area contributed by atoms with Crippen LogP contribution in [0.2, 0.25) is 0 Å². The Hall–Kier alpha value is -2.19. The lowest BCUT2D eigenvalue weighted by Gasteiger charge is -2.08. The molecule has 0 radical (unpaired) electrons. The van der Waals surface area contributed by atoms with Crippen LogP contribution in [0.5, 0.6) is 0 Å². The molecule has 0 bridgehead atoms. The maximum absolute atomic E-state index is 12.0. The Kier molecular flexibility index (Phi) is 5.04. The van der Waals surface area contributed by atoms with Crippen LogP contribution in [0.3, 0.4) is 0 Å². The van der Waals surface area contributed by atoms with Gasteiger partial charge in [-0.25, -0.2) is 0 Å². The zero-order valence-corrected chi connectivity index (χ0v) is 13.8. The first-order chi connectivity index (χ1) is 11.3. The van der Waals surface area contributed by atoms with Gasteiger partial charge in [0, 0.05) is 4.90 Å². The van der Waals surface area contributed by atoms with Crippen LogP contribution in [-0.2, 0) is 4.79 Å². The number of para-hydroxylation sites is 1. The summed E-state index contributed by atoms with van der Waals surface area (Å²) in [7, 11) is 0. The molecule has 6 nitrogen and oxygen atoms in total. The first kappa shape index (κ1) is 15.7. The monoisotopic (exact) mass is 347 g/mol. The van der Waals surface area contributed by atoms with Crippen LogP contribution in [0.25, 0.3) is 11.7 Å². The number of rotatable bonds is 6. The Morgan fingerprint density at radius 2 is 2.09 bits per heavy atom. The second-order valence-corrected chi connectivity index (χ2v) is 6.16. The Morgan fingerprint density at radius 3 is 2.87 bits per heavy atom. The Bertz CT molecular complexity index is 787. The summed E-state index contributed by atoms with van der Waals surface area (Å²) in [6, 6.07) is 11.1. The lowest BCUT2D eigenvalue weighted by atomic mass is 10.3. The van der Waals surface area contributed by atoms with Crippen molar-refractivity contribution in [3.8, 4) is 11.7 Å². The van der Waals surface area contributed by atoms with Crippen molar-refractivity contribution >= 4 is 35.1 Å². The van der Waals surface area contributed by atoms with Gasteiger partial charge in [-0.1, -0.05) is 23.9 Å². The number of hydrogen-bond donors (Lipinski definition) is 1. The highest BCUT2D eigenvalue weighted by Crippen LogP contribution is 2.26. The maximum atomic E-state index is 12.0. The minimum Gasteiger partial charge on any atom is -0.459 e. The molecule has 1 aromatic carbocycles. The third-order valence-electron chi connectivity index (χ3n) is 2.85. The molecule has 1 N–H and O–H groups in total. The van der Waals surface area contributed by atoms with Gasteiger partial charge in [-0.15, -0.1) is 22.0 Å². The number of carbonyl (C=O) groups is 1. The summed E-state index contributed by atoms with van der Waals surface area (Å²) < 4.78 is 10.6. The lowest BCUT2D eigenvalue weighted by molar-refractivity contribution is -0.113. The SMILES string of the molecule is CSc1ccccc1NC(=O)CSc1nnc(-c2ccco2)o1. The molecule has 2 aromatic heterocycles. The summed E-state index contributed by atoms with van der Waals surface area (Å²) in [6.45, 7) is 0. The second kappa shape index (κ2) is 7.38. The van der Waals surface area contributed by atoms with Gasteiger partial charge in [0.2, 0.25) is 5.91 Å². The van der Waals surface area contributed by atoms with Gasteiger partial charge >= 0.3 is 0 Å². The van der Waals surface area contributed by atoms with Crippen LogP contribution < -0.4 is 5.32 Å². The molecule has 118 valence electrons. The zero-order valence-electron chi connectivity index (χ0n) is 12.2. The Balaban J connectivity index is 1.57. The average Bonchev–Trinajstić information content (AvgIpc) is 3.24. The van der Waals surface area contributed by atoms with E-state index in [9.17, 15) is 4.79 Å². The molecule has 0 aliphatic heterocycles. The number of thioether (sulfide) groups is 2. The summed E-state index contributed by atoms with van der Waals surface area (Å²) >= 11 is 2.76. The number of nitrogens with one attached hydrogen (secondary N) is 1. The summed E-state index contributed by atoms with van der Waals surface area (Å²) in [6.07, 6.45) is 3.50. The van der Waals surface area contributed by atoms with E-state index >= 15 is 0 Å². The highest BCUT2D eigenvalue weighted by Gasteiger charge is 2.13.